The van der Waals surface area contributed by atoms with Crippen LogP contribution in [0.2, 0.25) is 5.72 Å². The lowest BCUT2D eigenvalue weighted by Gasteiger charge is -2.32. The summed E-state index contributed by atoms with van der Waals surface area (Å²) in [5, 5.41) is 2.08. The first-order chi connectivity index (χ1) is 15.3. The molecule has 6 nitrogen and oxygen atoms in total. The van der Waals surface area contributed by atoms with Gasteiger partial charge in [-0.05, 0) is 94.5 Å². The maximum Gasteiger partial charge on any atom is 0.465 e. The largest absolute Gasteiger partial charge is 0.465 e. The van der Waals surface area contributed by atoms with Crippen molar-refractivity contribution >= 4 is 32.7 Å². The van der Waals surface area contributed by atoms with Crippen molar-refractivity contribution in [1.82, 2.24) is 0 Å². The number of hydrogen-bond acceptors (Lipinski definition) is 7. The van der Waals surface area contributed by atoms with Crippen LogP contribution in [0.3, 0.4) is 0 Å². The van der Waals surface area contributed by atoms with Crippen molar-refractivity contribution in [1.29, 1.82) is 0 Å². The van der Waals surface area contributed by atoms with Crippen molar-refractivity contribution in [2.45, 2.75) is 128 Å². The van der Waals surface area contributed by atoms with Crippen LogP contribution in [0.1, 0.15) is 93.8 Å². The average Bonchev–Trinajstić information content (AvgIpc) is 3.32. The number of rotatable bonds is 5. The lowest BCUT2D eigenvalue weighted by molar-refractivity contribution is 0.00578. The molecule has 0 saturated carbocycles. The van der Waals surface area contributed by atoms with E-state index in [1.54, 1.807) is 11.3 Å². The molecule has 0 amide bonds. The van der Waals surface area contributed by atoms with Gasteiger partial charge in [0.1, 0.15) is 0 Å². The van der Waals surface area contributed by atoms with Crippen LogP contribution in [0, 0.1) is 0 Å². The molecule has 3 aliphatic heterocycles. The first-order valence-electron chi connectivity index (χ1n) is 12.4. The molecule has 3 fully saturated rings. The summed E-state index contributed by atoms with van der Waals surface area (Å²) in [6, 6.07) is 4.19. The molecular formula is C24H41B3O6S. The van der Waals surface area contributed by atoms with Crippen LogP contribution < -0.4 is 0 Å². The molecule has 188 valence electrons. The summed E-state index contributed by atoms with van der Waals surface area (Å²) in [5.41, 5.74) is -3.22. The summed E-state index contributed by atoms with van der Waals surface area (Å²) < 4.78 is 39.8. The predicted molar refractivity (Wildman–Crippen MR) is 139 cm³/mol. The van der Waals surface area contributed by atoms with E-state index in [2.05, 4.69) is 101 Å². The first-order valence-corrected chi connectivity index (χ1v) is 13.3. The summed E-state index contributed by atoms with van der Waals surface area (Å²) >= 11 is 1.68. The second kappa shape index (κ2) is 8.08. The molecule has 0 bridgehead atoms. The molecule has 0 aliphatic carbocycles. The summed E-state index contributed by atoms with van der Waals surface area (Å²) in [4.78, 5) is 1.13. The van der Waals surface area contributed by atoms with E-state index in [4.69, 9.17) is 27.9 Å². The zero-order valence-corrected chi connectivity index (χ0v) is 23.8. The second-order valence-corrected chi connectivity index (χ2v) is 14.0. The smallest absolute Gasteiger partial charge is 0.403 e. The fourth-order valence-corrected chi connectivity index (χ4v) is 5.48. The van der Waals surface area contributed by atoms with Gasteiger partial charge in [0.05, 0.1) is 33.6 Å². The van der Waals surface area contributed by atoms with Gasteiger partial charge in [-0.15, -0.1) is 11.3 Å². The molecule has 3 aliphatic rings. The standard InChI is InChI=1S/C24H41B3O6S/c1-19(2)20(3,4)29-25(28-19)17(16-14-13-15-34-16)18(26-30-21(5,6)22(7,8)31-26)27-32-23(9,10)24(11,12)33-27/h13-15,17-18H,1-12H3. The van der Waals surface area contributed by atoms with E-state index in [0.29, 0.717) is 0 Å². The first kappa shape index (κ1) is 26.7. The summed E-state index contributed by atoms with van der Waals surface area (Å²) in [5.74, 6) is -0.217. The Balaban J connectivity index is 1.81. The van der Waals surface area contributed by atoms with Gasteiger partial charge >= 0.3 is 21.4 Å². The molecule has 1 aromatic rings. The molecule has 34 heavy (non-hydrogen) atoms. The minimum Gasteiger partial charge on any atom is -0.403 e. The molecular weight excluding hydrogens is 449 g/mol. The van der Waals surface area contributed by atoms with E-state index in [1.807, 2.05) is 0 Å². The molecule has 1 unspecified atom stereocenters. The van der Waals surface area contributed by atoms with Crippen LogP contribution in [0.25, 0.3) is 0 Å². The maximum atomic E-state index is 6.63. The van der Waals surface area contributed by atoms with Gasteiger partial charge in [-0.25, -0.2) is 0 Å². The number of hydrogen-bond donors (Lipinski definition) is 0. The zero-order chi connectivity index (χ0) is 25.5. The van der Waals surface area contributed by atoms with Crippen LogP contribution in [0.5, 0.6) is 0 Å². The Bertz CT molecular complexity index is 815. The minimum atomic E-state index is -0.564. The van der Waals surface area contributed by atoms with Crippen LogP contribution in [0.15, 0.2) is 17.5 Å². The van der Waals surface area contributed by atoms with Crippen molar-refractivity contribution < 1.29 is 27.9 Å². The minimum absolute atomic E-state index is 0.217. The van der Waals surface area contributed by atoms with Crippen molar-refractivity contribution in [3.8, 4) is 0 Å². The Morgan fingerprint density at radius 3 is 1.18 bits per heavy atom. The van der Waals surface area contributed by atoms with E-state index in [1.165, 1.54) is 0 Å². The molecule has 4 heterocycles. The lowest BCUT2D eigenvalue weighted by Crippen LogP contribution is -2.47. The molecule has 1 atom stereocenters. The van der Waals surface area contributed by atoms with Crippen molar-refractivity contribution in [3.63, 3.8) is 0 Å². The molecule has 0 N–H and O–H groups in total. The zero-order valence-electron chi connectivity index (χ0n) is 23.0. The Morgan fingerprint density at radius 2 is 0.882 bits per heavy atom. The van der Waals surface area contributed by atoms with Crippen LogP contribution in [-0.4, -0.2) is 55.0 Å². The molecule has 10 heteroatoms. The van der Waals surface area contributed by atoms with E-state index >= 15 is 0 Å². The van der Waals surface area contributed by atoms with E-state index in [0.717, 1.165) is 4.88 Å². The number of thiophene rings is 1. The molecule has 0 aromatic carbocycles. The summed E-state index contributed by atoms with van der Waals surface area (Å²) in [6.45, 7) is 24.9. The predicted octanol–water partition coefficient (Wildman–Crippen LogP) is 5.56. The van der Waals surface area contributed by atoms with E-state index in [-0.39, 0.29) is 11.5 Å². The fourth-order valence-electron chi connectivity index (χ4n) is 4.58. The lowest BCUT2D eigenvalue weighted by atomic mass is 9.40. The molecule has 1 aromatic heterocycles. The van der Waals surface area contributed by atoms with Gasteiger partial charge in [0.2, 0.25) is 0 Å². The van der Waals surface area contributed by atoms with Gasteiger partial charge in [-0.1, -0.05) is 6.07 Å². The van der Waals surface area contributed by atoms with Gasteiger partial charge < -0.3 is 27.9 Å². The highest BCUT2D eigenvalue weighted by Gasteiger charge is 2.67. The summed E-state index contributed by atoms with van der Waals surface area (Å²) in [6.07, 6.45) is 0. The SMILES string of the molecule is CC1(C)OB(C(B2OC(C)(C)C(C)(C)O2)C(B2OC(C)(C)C(C)(C)O2)c2cccs2)OC1(C)C. The molecule has 0 spiro atoms. The Kier molecular flexibility index (Phi) is 6.34. The van der Waals surface area contributed by atoms with E-state index < -0.39 is 55.0 Å². The van der Waals surface area contributed by atoms with E-state index in [9.17, 15) is 0 Å². The molecule has 0 radical (unpaired) electrons. The third kappa shape index (κ3) is 4.25. The van der Waals surface area contributed by atoms with Crippen molar-refractivity contribution in [3.05, 3.63) is 22.4 Å². The van der Waals surface area contributed by atoms with Gasteiger partial charge in [0, 0.05) is 16.4 Å². The summed E-state index contributed by atoms with van der Waals surface area (Å²) in [7, 11) is -1.64. The molecule has 3 saturated heterocycles. The monoisotopic (exact) mass is 490 g/mol. The average molecular weight is 490 g/mol. The van der Waals surface area contributed by atoms with Gasteiger partial charge in [-0.3, -0.25) is 0 Å². The van der Waals surface area contributed by atoms with Crippen LogP contribution >= 0.6 is 11.3 Å². The van der Waals surface area contributed by atoms with Gasteiger partial charge in [0.15, 0.2) is 0 Å². The second-order valence-electron chi connectivity index (χ2n) is 13.0. The Hall–Kier alpha value is -0.345. The van der Waals surface area contributed by atoms with Crippen molar-refractivity contribution in [2.75, 3.05) is 0 Å². The fraction of sp³-hybridized carbons (Fsp3) is 0.833. The van der Waals surface area contributed by atoms with Gasteiger partial charge in [-0.2, -0.15) is 0 Å². The molecule has 4 rings (SSSR count). The topological polar surface area (TPSA) is 55.4 Å². The quantitative estimate of drug-likeness (QED) is 0.505. The van der Waals surface area contributed by atoms with Crippen LogP contribution in [-0.2, 0) is 27.9 Å². The maximum absolute atomic E-state index is 6.63. The highest BCUT2D eigenvalue weighted by atomic mass is 32.1. The third-order valence-electron chi connectivity index (χ3n) is 9.02. The Morgan fingerprint density at radius 1 is 0.559 bits per heavy atom. The van der Waals surface area contributed by atoms with Gasteiger partial charge in [0.25, 0.3) is 0 Å². The van der Waals surface area contributed by atoms with Crippen LogP contribution in [0.4, 0.5) is 0 Å². The normalized spacial score (nSPS) is 29.3. The highest BCUT2D eigenvalue weighted by molar-refractivity contribution is 7.10. The highest BCUT2D eigenvalue weighted by Crippen LogP contribution is 2.53. The Labute approximate surface area is 211 Å². The van der Waals surface area contributed by atoms with Crippen molar-refractivity contribution in [2.24, 2.45) is 0 Å². The third-order valence-corrected chi connectivity index (χ3v) is 10.00.